The van der Waals surface area contributed by atoms with E-state index in [-0.39, 0.29) is 12.5 Å². The second kappa shape index (κ2) is 9.03. The van der Waals surface area contributed by atoms with Gasteiger partial charge in [-0.15, -0.1) is 0 Å². The molecule has 0 atom stereocenters. The van der Waals surface area contributed by atoms with Gasteiger partial charge in [0.2, 0.25) is 0 Å². The Morgan fingerprint density at radius 3 is 2.47 bits per heavy atom. The van der Waals surface area contributed by atoms with Gasteiger partial charge in [-0.2, -0.15) is 0 Å². The van der Waals surface area contributed by atoms with Crippen LogP contribution in [0.1, 0.15) is 18.4 Å². The third kappa shape index (κ3) is 4.82. The number of hydrogen-bond donors (Lipinski definition) is 0. The minimum Gasteiger partial charge on any atom is -0.497 e. The average molecular weight is 407 g/mol. The highest BCUT2D eigenvalue weighted by Gasteiger charge is 2.23. The Bertz CT molecular complexity index is 1060. The summed E-state index contributed by atoms with van der Waals surface area (Å²) in [5.41, 5.74) is 1.34. The largest absolute Gasteiger partial charge is 0.497 e. The Balaban J connectivity index is 1.26. The summed E-state index contributed by atoms with van der Waals surface area (Å²) in [6.07, 6.45) is 2.99. The lowest BCUT2D eigenvalue weighted by atomic mass is 9.90. The molecular formula is C24H25NO5. The number of hydrogen-bond acceptors (Lipinski definition) is 5. The smallest absolute Gasteiger partial charge is 0.336 e. The number of carbonyl (C=O) groups excluding carboxylic acids is 1. The summed E-state index contributed by atoms with van der Waals surface area (Å²) in [6.45, 7) is 1.47. The van der Waals surface area contributed by atoms with Gasteiger partial charge < -0.3 is 18.8 Å². The Kier molecular flexibility index (Phi) is 6.02. The monoisotopic (exact) mass is 407 g/mol. The molecule has 6 heteroatoms. The molecule has 2 aromatic carbocycles. The van der Waals surface area contributed by atoms with Gasteiger partial charge in [0.25, 0.3) is 5.91 Å². The van der Waals surface area contributed by atoms with Crippen molar-refractivity contribution in [2.45, 2.75) is 19.3 Å². The molecule has 4 rings (SSSR count). The van der Waals surface area contributed by atoms with Gasteiger partial charge in [-0.25, -0.2) is 4.79 Å². The first-order chi connectivity index (χ1) is 14.6. The fourth-order valence-corrected chi connectivity index (χ4v) is 3.85. The van der Waals surface area contributed by atoms with Gasteiger partial charge in [-0.1, -0.05) is 12.1 Å². The molecule has 30 heavy (non-hydrogen) atoms. The Hall–Kier alpha value is -3.28. The number of methoxy groups -OCH3 is 1. The number of rotatable bonds is 6. The van der Waals surface area contributed by atoms with E-state index in [9.17, 15) is 9.59 Å². The first-order valence-corrected chi connectivity index (χ1v) is 10.2. The second-order valence-electron chi connectivity index (χ2n) is 7.62. The Morgan fingerprint density at radius 1 is 1.03 bits per heavy atom. The van der Waals surface area contributed by atoms with Crippen LogP contribution in [0.2, 0.25) is 0 Å². The van der Waals surface area contributed by atoms with Gasteiger partial charge in [-0.05, 0) is 61.1 Å². The van der Waals surface area contributed by atoms with E-state index >= 15 is 0 Å². The molecule has 0 N–H and O–H groups in total. The minimum atomic E-state index is -0.409. The molecular weight excluding hydrogens is 382 g/mol. The third-order valence-corrected chi connectivity index (χ3v) is 5.61. The van der Waals surface area contributed by atoms with E-state index in [1.54, 1.807) is 25.3 Å². The fraction of sp³-hybridized carbons (Fsp3) is 0.333. The van der Waals surface area contributed by atoms with Crippen molar-refractivity contribution < 1.29 is 18.7 Å². The number of nitrogens with zero attached hydrogens (tertiary/aromatic N) is 1. The summed E-state index contributed by atoms with van der Waals surface area (Å²) in [5, 5.41) is 0.812. The normalized spacial score (nSPS) is 14.6. The minimum absolute atomic E-state index is 0.0208. The molecule has 1 amide bonds. The van der Waals surface area contributed by atoms with E-state index in [1.165, 1.54) is 11.6 Å². The summed E-state index contributed by atoms with van der Waals surface area (Å²) in [4.78, 5) is 25.8. The maximum absolute atomic E-state index is 12.5. The first kappa shape index (κ1) is 20.0. The highest BCUT2D eigenvalue weighted by Crippen LogP contribution is 2.24. The van der Waals surface area contributed by atoms with E-state index in [2.05, 4.69) is 12.1 Å². The molecule has 1 aromatic heterocycles. The van der Waals surface area contributed by atoms with Crippen LogP contribution in [0.4, 0.5) is 0 Å². The van der Waals surface area contributed by atoms with Gasteiger partial charge in [-0.3, -0.25) is 4.79 Å². The van der Waals surface area contributed by atoms with Crippen molar-refractivity contribution >= 4 is 16.9 Å². The molecule has 156 valence electrons. The number of carbonyl (C=O) groups is 1. The maximum atomic E-state index is 12.5. The van der Waals surface area contributed by atoms with Crippen LogP contribution in [-0.2, 0) is 11.2 Å². The molecule has 0 spiro atoms. The maximum Gasteiger partial charge on any atom is 0.336 e. The number of likely N-dealkylation sites (tertiary alicyclic amines) is 1. The summed E-state index contributed by atoms with van der Waals surface area (Å²) >= 11 is 0. The highest BCUT2D eigenvalue weighted by molar-refractivity contribution is 5.79. The zero-order valence-corrected chi connectivity index (χ0v) is 17.0. The molecule has 1 aliphatic rings. The zero-order valence-electron chi connectivity index (χ0n) is 17.0. The average Bonchev–Trinajstić information content (AvgIpc) is 2.78. The van der Waals surface area contributed by atoms with Crippen LogP contribution in [0, 0.1) is 5.92 Å². The fourth-order valence-electron chi connectivity index (χ4n) is 3.85. The predicted octanol–water partition coefficient (Wildman–Crippen LogP) is 3.66. The highest BCUT2D eigenvalue weighted by atomic mass is 16.5. The lowest BCUT2D eigenvalue weighted by molar-refractivity contribution is -0.134. The van der Waals surface area contributed by atoms with Crippen molar-refractivity contribution in [3.63, 3.8) is 0 Å². The number of benzene rings is 2. The van der Waals surface area contributed by atoms with Crippen LogP contribution < -0.4 is 15.1 Å². The van der Waals surface area contributed by atoms with Crippen LogP contribution in [0.25, 0.3) is 11.0 Å². The molecule has 0 aliphatic carbocycles. The molecule has 6 nitrogen and oxygen atoms in total. The Morgan fingerprint density at radius 2 is 1.73 bits per heavy atom. The topological polar surface area (TPSA) is 69.0 Å². The van der Waals surface area contributed by atoms with Gasteiger partial charge in [0.1, 0.15) is 17.1 Å². The molecule has 0 bridgehead atoms. The number of fused-ring (bicyclic) bond motifs is 1. The van der Waals surface area contributed by atoms with E-state index < -0.39 is 5.63 Å². The van der Waals surface area contributed by atoms with Crippen LogP contribution in [-0.4, -0.2) is 37.6 Å². The van der Waals surface area contributed by atoms with Gasteiger partial charge in [0.05, 0.1) is 7.11 Å². The zero-order chi connectivity index (χ0) is 20.9. The van der Waals surface area contributed by atoms with Crippen molar-refractivity contribution in [3.8, 4) is 11.5 Å². The lowest BCUT2D eigenvalue weighted by Gasteiger charge is -2.32. The molecule has 0 radical (unpaired) electrons. The standard InChI is InChI=1S/C24H25NO5/c1-28-20-6-2-17(3-7-20)14-18-10-12-25(13-11-18)23(26)16-29-21-8-4-19-5-9-24(27)30-22(19)15-21/h2-9,15,18H,10-14,16H2,1H3. The van der Waals surface area contributed by atoms with Crippen LogP contribution in [0.5, 0.6) is 11.5 Å². The summed E-state index contributed by atoms with van der Waals surface area (Å²) in [7, 11) is 1.67. The van der Waals surface area contributed by atoms with Gasteiger partial charge in [0.15, 0.2) is 6.61 Å². The summed E-state index contributed by atoms with van der Waals surface area (Å²) < 4.78 is 16.0. The lowest BCUT2D eigenvalue weighted by Crippen LogP contribution is -2.41. The second-order valence-corrected chi connectivity index (χ2v) is 7.62. The van der Waals surface area contributed by atoms with Crippen molar-refractivity contribution in [1.82, 2.24) is 4.90 Å². The van der Waals surface area contributed by atoms with Crippen LogP contribution in [0.3, 0.4) is 0 Å². The quantitative estimate of drug-likeness (QED) is 0.584. The molecule has 2 heterocycles. The molecule has 0 unspecified atom stereocenters. The van der Waals surface area contributed by atoms with Crippen molar-refractivity contribution in [2.24, 2.45) is 5.92 Å². The van der Waals surface area contributed by atoms with E-state index in [4.69, 9.17) is 13.9 Å². The van der Waals surface area contributed by atoms with Crippen molar-refractivity contribution in [2.75, 3.05) is 26.8 Å². The molecule has 1 aliphatic heterocycles. The summed E-state index contributed by atoms with van der Waals surface area (Å²) in [5.74, 6) is 1.94. The van der Waals surface area contributed by atoms with Gasteiger partial charge in [0, 0.05) is 30.6 Å². The van der Waals surface area contributed by atoms with E-state index in [0.717, 1.165) is 43.5 Å². The van der Waals surface area contributed by atoms with Crippen LogP contribution in [0.15, 0.2) is 63.8 Å². The predicted molar refractivity (Wildman–Crippen MR) is 114 cm³/mol. The summed E-state index contributed by atoms with van der Waals surface area (Å²) in [6, 6.07) is 16.5. The van der Waals surface area contributed by atoms with Gasteiger partial charge >= 0.3 is 5.63 Å². The van der Waals surface area contributed by atoms with Crippen molar-refractivity contribution in [1.29, 1.82) is 0 Å². The number of amides is 1. The SMILES string of the molecule is COc1ccc(CC2CCN(C(=O)COc3ccc4ccc(=O)oc4c3)CC2)cc1. The molecule has 1 fully saturated rings. The van der Waals surface area contributed by atoms with E-state index in [1.807, 2.05) is 23.1 Å². The third-order valence-electron chi connectivity index (χ3n) is 5.61. The molecule has 0 saturated carbocycles. The van der Waals surface area contributed by atoms with Crippen molar-refractivity contribution in [3.05, 3.63) is 70.6 Å². The number of piperidine rings is 1. The molecule has 1 saturated heterocycles. The first-order valence-electron chi connectivity index (χ1n) is 10.2. The van der Waals surface area contributed by atoms with E-state index in [0.29, 0.717) is 17.3 Å². The molecule has 3 aromatic rings. The Labute approximate surface area is 175 Å². The number of ether oxygens (including phenoxy) is 2. The van der Waals surface area contributed by atoms with Crippen LogP contribution >= 0.6 is 0 Å².